The lowest BCUT2D eigenvalue weighted by Gasteiger charge is -2.13. The van der Waals surface area contributed by atoms with Crippen molar-refractivity contribution in [1.29, 1.82) is 0 Å². The second-order valence-electron chi connectivity index (χ2n) is 3.31. The van der Waals surface area contributed by atoms with Gasteiger partial charge in [-0.3, -0.25) is 0 Å². The van der Waals surface area contributed by atoms with Gasteiger partial charge in [0, 0.05) is 16.5 Å². The summed E-state index contributed by atoms with van der Waals surface area (Å²) in [4.78, 5) is 0. The van der Waals surface area contributed by atoms with Crippen LogP contribution in [-0.2, 0) is 4.74 Å². The van der Waals surface area contributed by atoms with Crippen LogP contribution in [0.1, 0.15) is 18.1 Å². The quantitative estimate of drug-likeness (QED) is 0.897. The summed E-state index contributed by atoms with van der Waals surface area (Å²) in [7, 11) is 0. The van der Waals surface area contributed by atoms with Crippen LogP contribution in [0.15, 0.2) is 34.5 Å². The van der Waals surface area contributed by atoms with E-state index in [4.69, 9.17) is 4.74 Å². The highest BCUT2D eigenvalue weighted by atomic mass is 79.9. The summed E-state index contributed by atoms with van der Waals surface area (Å²) in [6.45, 7) is 0.560. The Morgan fingerprint density at radius 1 is 1.47 bits per heavy atom. The zero-order chi connectivity index (χ0) is 10.8. The molecule has 0 spiro atoms. The fourth-order valence-corrected chi connectivity index (χ4v) is 1.84. The van der Waals surface area contributed by atoms with Crippen molar-refractivity contribution in [2.75, 3.05) is 6.61 Å². The number of rotatable bonds is 2. The summed E-state index contributed by atoms with van der Waals surface area (Å²) in [6.07, 6.45) is 1.55. The zero-order valence-electron chi connectivity index (χ0n) is 7.91. The van der Waals surface area contributed by atoms with Gasteiger partial charge in [0.25, 0.3) is 0 Å². The minimum atomic E-state index is -0.999. The number of halogens is 2. The molecule has 0 aromatic heterocycles. The maximum absolute atomic E-state index is 13.5. The van der Waals surface area contributed by atoms with E-state index in [1.807, 2.05) is 0 Å². The Hall–Kier alpha value is -0.870. The van der Waals surface area contributed by atoms with Gasteiger partial charge in [0.1, 0.15) is 17.7 Å². The third-order valence-electron chi connectivity index (χ3n) is 2.26. The maximum Gasteiger partial charge on any atom is 0.138 e. The lowest BCUT2D eigenvalue weighted by molar-refractivity contribution is 0.116. The first-order valence-corrected chi connectivity index (χ1v) is 5.43. The Balaban J connectivity index is 2.28. The molecule has 1 aromatic carbocycles. The van der Waals surface area contributed by atoms with Gasteiger partial charge in [-0.25, -0.2) is 4.39 Å². The monoisotopic (exact) mass is 272 g/mol. The molecule has 1 N–H and O–H groups in total. The summed E-state index contributed by atoms with van der Waals surface area (Å²) < 4.78 is 19.3. The summed E-state index contributed by atoms with van der Waals surface area (Å²) >= 11 is 3.16. The Labute approximate surface area is 95.5 Å². The second-order valence-corrected chi connectivity index (χ2v) is 4.23. The van der Waals surface area contributed by atoms with Crippen LogP contribution in [0.25, 0.3) is 0 Å². The molecule has 0 amide bonds. The van der Waals surface area contributed by atoms with Gasteiger partial charge in [-0.15, -0.1) is 0 Å². The summed E-state index contributed by atoms with van der Waals surface area (Å²) in [5, 5.41) is 9.84. The van der Waals surface area contributed by atoms with Crippen LogP contribution in [0.3, 0.4) is 0 Å². The number of aliphatic hydroxyl groups excluding tert-OH is 1. The molecule has 1 heterocycles. The lowest BCUT2D eigenvalue weighted by atomic mass is 10.1. The number of hydrogen-bond acceptors (Lipinski definition) is 2. The fraction of sp³-hybridized carbons (Fsp3) is 0.273. The largest absolute Gasteiger partial charge is 0.495 e. The number of aliphatic hydroxyl groups is 1. The van der Waals surface area contributed by atoms with Gasteiger partial charge in [-0.2, -0.15) is 0 Å². The molecule has 15 heavy (non-hydrogen) atoms. The van der Waals surface area contributed by atoms with Crippen LogP contribution in [0.2, 0.25) is 0 Å². The SMILES string of the molecule is OC(C1=CCCO1)c1ccc(Br)cc1F. The molecule has 0 saturated carbocycles. The Kier molecular flexibility index (Phi) is 3.07. The van der Waals surface area contributed by atoms with E-state index in [1.54, 1.807) is 18.2 Å². The topological polar surface area (TPSA) is 29.5 Å². The molecule has 2 nitrogen and oxygen atoms in total. The van der Waals surface area contributed by atoms with Crippen molar-refractivity contribution in [2.24, 2.45) is 0 Å². The molecular weight excluding hydrogens is 263 g/mol. The molecule has 1 aliphatic heterocycles. The summed E-state index contributed by atoms with van der Waals surface area (Å²) in [5.74, 6) is 0.00416. The molecule has 0 radical (unpaired) electrons. The third-order valence-corrected chi connectivity index (χ3v) is 2.75. The van der Waals surface area contributed by atoms with Crippen molar-refractivity contribution in [3.8, 4) is 0 Å². The Bertz CT molecular complexity index is 404. The molecule has 1 aliphatic rings. The van der Waals surface area contributed by atoms with E-state index in [9.17, 15) is 9.50 Å². The Morgan fingerprint density at radius 3 is 2.87 bits per heavy atom. The Morgan fingerprint density at radius 2 is 2.27 bits per heavy atom. The maximum atomic E-state index is 13.5. The first kappa shape index (κ1) is 10.6. The average molecular weight is 273 g/mol. The fourth-order valence-electron chi connectivity index (χ4n) is 1.50. The van der Waals surface area contributed by atoms with Crippen LogP contribution in [-0.4, -0.2) is 11.7 Å². The van der Waals surface area contributed by atoms with E-state index in [2.05, 4.69) is 15.9 Å². The minimum absolute atomic E-state index is 0.242. The number of benzene rings is 1. The predicted octanol–water partition coefficient (Wildman–Crippen LogP) is 2.93. The molecule has 4 heteroatoms. The number of ether oxygens (including phenoxy) is 1. The van der Waals surface area contributed by atoms with Gasteiger partial charge in [-0.1, -0.05) is 22.0 Å². The standard InChI is InChI=1S/C11H10BrFO2/c12-7-3-4-8(9(13)6-7)11(14)10-2-1-5-15-10/h2-4,6,11,14H,1,5H2. The highest BCUT2D eigenvalue weighted by Crippen LogP contribution is 2.29. The van der Waals surface area contributed by atoms with Crippen LogP contribution in [0, 0.1) is 5.82 Å². The second kappa shape index (κ2) is 4.33. The summed E-state index contributed by atoms with van der Waals surface area (Å²) in [6, 6.07) is 4.57. The van der Waals surface area contributed by atoms with Crippen molar-refractivity contribution in [3.63, 3.8) is 0 Å². The van der Waals surface area contributed by atoms with Gasteiger partial charge in [0.2, 0.25) is 0 Å². The van der Waals surface area contributed by atoms with Crippen molar-refractivity contribution in [3.05, 3.63) is 45.9 Å². The molecule has 0 saturated heterocycles. The molecule has 1 atom stereocenters. The summed E-state index contributed by atoms with van der Waals surface area (Å²) in [5.41, 5.74) is 0.242. The molecule has 0 aliphatic carbocycles. The lowest BCUT2D eigenvalue weighted by Crippen LogP contribution is -2.04. The van der Waals surface area contributed by atoms with Crippen molar-refractivity contribution in [1.82, 2.24) is 0 Å². The highest BCUT2D eigenvalue weighted by Gasteiger charge is 2.20. The first-order valence-electron chi connectivity index (χ1n) is 4.64. The molecule has 0 fully saturated rings. The van der Waals surface area contributed by atoms with Crippen LogP contribution < -0.4 is 0 Å². The van der Waals surface area contributed by atoms with Gasteiger partial charge in [0.05, 0.1) is 6.61 Å². The van der Waals surface area contributed by atoms with E-state index in [-0.39, 0.29) is 5.56 Å². The van der Waals surface area contributed by atoms with Crippen molar-refractivity contribution < 1.29 is 14.2 Å². The third kappa shape index (κ3) is 2.21. The molecule has 1 aromatic rings. The van der Waals surface area contributed by atoms with Gasteiger partial charge >= 0.3 is 0 Å². The minimum Gasteiger partial charge on any atom is -0.495 e. The van der Waals surface area contributed by atoms with Crippen molar-refractivity contribution in [2.45, 2.75) is 12.5 Å². The molecule has 2 rings (SSSR count). The van der Waals surface area contributed by atoms with Crippen LogP contribution in [0.4, 0.5) is 4.39 Å². The van der Waals surface area contributed by atoms with Gasteiger partial charge in [-0.05, 0) is 18.2 Å². The van der Waals surface area contributed by atoms with Crippen molar-refractivity contribution >= 4 is 15.9 Å². The van der Waals surface area contributed by atoms with Gasteiger partial charge in [0.15, 0.2) is 0 Å². The average Bonchev–Trinajstić information content (AvgIpc) is 2.69. The van der Waals surface area contributed by atoms with E-state index < -0.39 is 11.9 Å². The molecular formula is C11H10BrFO2. The zero-order valence-corrected chi connectivity index (χ0v) is 9.50. The molecule has 80 valence electrons. The molecule has 1 unspecified atom stereocenters. The highest BCUT2D eigenvalue weighted by molar-refractivity contribution is 9.10. The normalized spacial score (nSPS) is 17.1. The number of hydrogen-bond donors (Lipinski definition) is 1. The van der Waals surface area contributed by atoms with Crippen LogP contribution >= 0.6 is 15.9 Å². The van der Waals surface area contributed by atoms with E-state index >= 15 is 0 Å². The first-order chi connectivity index (χ1) is 7.18. The smallest absolute Gasteiger partial charge is 0.138 e. The van der Waals surface area contributed by atoms with Gasteiger partial charge < -0.3 is 9.84 Å². The van der Waals surface area contributed by atoms with Crippen LogP contribution in [0.5, 0.6) is 0 Å². The predicted molar refractivity (Wildman–Crippen MR) is 57.7 cm³/mol. The van der Waals surface area contributed by atoms with E-state index in [0.29, 0.717) is 16.8 Å². The molecule has 0 bridgehead atoms. The van der Waals surface area contributed by atoms with E-state index in [0.717, 1.165) is 6.42 Å². The van der Waals surface area contributed by atoms with E-state index in [1.165, 1.54) is 6.07 Å².